The Kier molecular flexibility index (Phi) is 4.39. The van der Waals surface area contributed by atoms with Crippen LogP contribution in [0.4, 0.5) is 0 Å². The lowest BCUT2D eigenvalue weighted by atomic mass is 10.1. The molecule has 0 spiro atoms. The summed E-state index contributed by atoms with van der Waals surface area (Å²) in [6.45, 7) is 1.85. The molecule has 1 rings (SSSR count). The fourth-order valence-electron chi connectivity index (χ4n) is 1.19. The molecule has 0 aliphatic carbocycles. The molecule has 0 bridgehead atoms. The van der Waals surface area contributed by atoms with Crippen LogP contribution in [0.15, 0.2) is 24.3 Å². The van der Waals surface area contributed by atoms with E-state index in [1.165, 1.54) is 0 Å². The van der Waals surface area contributed by atoms with Crippen molar-refractivity contribution >= 4 is 11.6 Å². The second-order valence-electron chi connectivity index (χ2n) is 3.34. The first kappa shape index (κ1) is 11.5. The highest BCUT2D eigenvalue weighted by Crippen LogP contribution is 2.12. The predicted octanol–water partition coefficient (Wildman–Crippen LogP) is 2.28. The first-order chi connectivity index (χ1) is 6.63. The smallest absolute Gasteiger partial charge is 0.0839 e. The molecule has 0 saturated carbocycles. The Balaban J connectivity index is 2.56. The molecule has 0 fully saturated rings. The van der Waals surface area contributed by atoms with E-state index in [2.05, 4.69) is 0 Å². The van der Waals surface area contributed by atoms with Crippen LogP contribution in [0.3, 0.4) is 0 Å². The highest BCUT2D eigenvalue weighted by Gasteiger charge is 2.13. The number of aliphatic hydroxyl groups is 1. The van der Waals surface area contributed by atoms with E-state index >= 15 is 0 Å². The summed E-state index contributed by atoms with van der Waals surface area (Å²) < 4.78 is 5.03. The summed E-state index contributed by atoms with van der Waals surface area (Å²) in [4.78, 5) is 0. The topological polar surface area (TPSA) is 29.5 Å². The second-order valence-corrected chi connectivity index (χ2v) is 3.78. The molecule has 1 aromatic rings. The molecule has 78 valence electrons. The Morgan fingerprint density at radius 3 is 2.43 bits per heavy atom. The van der Waals surface area contributed by atoms with Gasteiger partial charge in [-0.1, -0.05) is 23.7 Å². The zero-order valence-corrected chi connectivity index (χ0v) is 9.16. The number of aliphatic hydroxyl groups excluding tert-OH is 1. The lowest BCUT2D eigenvalue weighted by Crippen LogP contribution is -2.26. The van der Waals surface area contributed by atoms with Gasteiger partial charge in [-0.15, -0.1) is 0 Å². The van der Waals surface area contributed by atoms with Crippen molar-refractivity contribution in [3.8, 4) is 0 Å². The van der Waals surface area contributed by atoms with Crippen molar-refractivity contribution in [2.75, 3.05) is 7.11 Å². The summed E-state index contributed by atoms with van der Waals surface area (Å²) >= 11 is 5.75. The van der Waals surface area contributed by atoms with Crippen molar-refractivity contribution in [1.29, 1.82) is 0 Å². The van der Waals surface area contributed by atoms with E-state index in [0.717, 1.165) is 5.56 Å². The largest absolute Gasteiger partial charge is 0.390 e. The van der Waals surface area contributed by atoms with Crippen molar-refractivity contribution in [3.05, 3.63) is 34.9 Å². The minimum atomic E-state index is -0.471. The standard InChI is InChI=1S/C11H15ClO2/c1-8(14-2)11(13)7-9-3-5-10(12)6-4-9/h3-6,8,11,13H,7H2,1-2H3. The molecule has 0 radical (unpaired) electrons. The Bertz CT molecular complexity index is 271. The number of methoxy groups -OCH3 is 1. The number of halogens is 1. The molecule has 0 saturated heterocycles. The van der Waals surface area contributed by atoms with Crippen molar-refractivity contribution < 1.29 is 9.84 Å². The van der Waals surface area contributed by atoms with E-state index in [-0.39, 0.29) is 6.10 Å². The molecule has 0 heterocycles. The molecule has 14 heavy (non-hydrogen) atoms. The predicted molar refractivity (Wildman–Crippen MR) is 57.6 cm³/mol. The first-order valence-corrected chi connectivity index (χ1v) is 4.96. The van der Waals surface area contributed by atoms with Gasteiger partial charge < -0.3 is 9.84 Å². The van der Waals surface area contributed by atoms with Crippen LogP contribution in [0.25, 0.3) is 0 Å². The van der Waals surface area contributed by atoms with Crippen molar-refractivity contribution in [3.63, 3.8) is 0 Å². The van der Waals surface area contributed by atoms with Gasteiger partial charge in [0.25, 0.3) is 0 Å². The van der Waals surface area contributed by atoms with Crippen molar-refractivity contribution in [1.82, 2.24) is 0 Å². The zero-order chi connectivity index (χ0) is 10.6. The van der Waals surface area contributed by atoms with Gasteiger partial charge in [-0.05, 0) is 24.6 Å². The Hall–Kier alpha value is -0.570. The number of ether oxygens (including phenoxy) is 1. The van der Waals surface area contributed by atoms with Crippen LogP contribution < -0.4 is 0 Å². The highest BCUT2D eigenvalue weighted by atomic mass is 35.5. The Morgan fingerprint density at radius 1 is 1.36 bits per heavy atom. The van der Waals surface area contributed by atoms with Crippen LogP contribution >= 0.6 is 11.6 Å². The molecule has 0 aliphatic heterocycles. The number of rotatable bonds is 4. The SMILES string of the molecule is COC(C)C(O)Cc1ccc(Cl)cc1. The molecule has 1 N–H and O–H groups in total. The Morgan fingerprint density at radius 2 is 1.93 bits per heavy atom. The highest BCUT2D eigenvalue weighted by molar-refractivity contribution is 6.30. The summed E-state index contributed by atoms with van der Waals surface area (Å²) in [7, 11) is 1.59. The number of benzene rings is 1. The van der Waals surface area contributed by atoms with E-state index in [1.54, 1.807) is 7.11 Å². The molecule has 2 nitrogen and oxygen atoms in total. The average Bonchev–Trinajstić information content (AvgIpc) is 2.20. The normalized spacial score (nSPS) is 15.1. The average molecular weight is 215 g/mol. The van der Waals surface area contributed by atoms with Crippen LogP contribution in [0.5, 0.6) is 0 Å². The van der Waals surface area contributed by atoms with Crippen LogP contribution in [0, 0.1) is 0 Å². The zero-order valence-electron chi connectivity index (χ0n) is 8.40. The quantitative estimate of drug-likeness (QED) is 0.834. The molecule has 2 unspecified atom stereocenters. The third-order valence-corrected chi connectivity index (χ3v) is 2.52. The first-order valence-electron chi connectivity index (χ1n) is 4.58. The maximum absolute atomic E-state index is 9.68. The second kappa shape index (κ2) is 5.35. The fourth-order valence-corrected chi connectivity index (χ4v) is 1.31. The monoisotopic (exact) mass is 214 g/mol. The van der Waals surface area contributed by atoms with Gasteiger partial charge in [0, 0.05) is 18.6 Å². The van der Waals surface area contributed by atoms with E-state index in [4.69, 9.17) is 16.3 Å². The summed E-state index contributed by atoms with van der Waals surface area (Å²) in [6.07, 6.45) is -0.0292. The van der Waals surface area contributed by atoms with E-state index in [1.807, 2.05) is 31.2 Å². The number of hydrogen-bond donors (Lipinski definition) is 1. The summed E-state index contributed by atoms with van der Waals surface area (Å²) in [5.41, 5.74) is 1.06. The fraction of sp³-hybridized carbons (Fsp3) is 0.455. The number of hydrogen-bond acceptors (Lipinski definition) is 2. The summed E-state index contributed by atoms with van der Waals surface area (Å²) in [6, 6.07) is 7.46. The molecule has 0 aromatic heterocycles. The molecular weight excluding hydrogens is 200 g/mol. The summed E-state index contributed by atoms with van der Waals surface area (Å²) in [5.74, 6) is 0. The third-order valence-electron chi connectivity index (χ3n) is 2.27. The van der Waals surface area contributed by atoms with E-state index < -0.39 is 6.10 Å². The van der Waals surface area contributed by atoms with E-state index in [0.29, 0.717) is 11.4 Å². The van der Waals surface area contributed by atoms with Gasteiger partial charge in [0.05, 0.1) is 12.2 Å². The maximum atomic E-state index is 9.68. The van der Waals surface area contributed by atoms with Crippen LogP contribution in [-0.2, 0) is 11.2 Å². The van der Waals surface area contributed by atoms with Gasteiger partial charge in [0.15, 0.2) is 0 Å². The summed E-state index contributed by atoms with van der Waals surface area (Å²) in [5, 5.41) is 10.4. The Labute approximate surface area is 89.5 Å². The molecule has 1 aromatic carbocycles. The lowest BCUT2D eigenvalue weighted by Gasteiger charge is -2.17. The van der Waals surface area contributed by atoms with Crippen LogP contribution in [-0.4, -0.2) is 24.4 Å². The van der Waals surface area contributed by atoms with Crippen LogP contribution in [0.1, 0.15) is 12.5 Å². The van der Waals surface area contributed by atoms with Gasteiger partial charge in [-0.3, -0.25) is 0 Å². The molecule has 0 aliphatic rings. The van der Waals surface area contributed by atoms with Gasteiger partial charge in [0.2, 0.25) is 0 Å². The maximum Gasteiger partial charge on any atom is 0.0839 e. The van der Waals surface area contributed by atoms with Gasteiger partial charge in [-0.2, -0.15) is 0 Å². The minimum absolute atomic E-state index is 0.148. The molecule has 2 atom stereocenters. The lowest BCUT2D eigenvalue weighted by molar-refractivity contribution is 0.000408. The van der Waals surface area contributed by atoms with Crippen molar-refractivity contribution in [2.45, 2.75) is 25.6 Å². The minimum Gasteiger partial charge on any atom is -0.390 e. The third kappa shape index (κ3) is 3.29. The van der Waals surface area contributed by atoms with Gasteiger partial charge >= 0.3 is 0 Å². The van der Waals surface area contributed by atoms with Crippen molar-refractivity contribution in [2.24, 2.45) is 0 Å². The van der Waals surface area contributed by atoms with Gasteiger partial charge in [-0.25, -0.2) is 0 Å². The molecule has 3 heteroatoms. The van der Waals surface area contributed by atoms with Crippen LogP contribution in [0.2, 0.25) is 5.02 Å². The van der Waals surface area contributed by atoms with Gasteiger partial charge in [0.1, 0.15) is 0 Å². The molecule has 0 amide bonds. The molecular formula is C11H15ClO2. The van der Waals surface area contributed by atoms with E-state index in [9.17, 15) is 5.11 Å².